The number of aryl methyl sites for hydroxylation is 1. The molecule has 56 valence electrons. The van der Waals surface area contributed by atoms with Gasteiger partial charge in [0.15, 0.2) is 0 Å². The molecule has 1 N–H and O–H groups in total. The average Bonchev–Trinajstić information content (AvgIpc) is 2.11. The molecule has 0 aliphatic heterocycles. The number of aromatic nitrogens is 2. The third-order valence-electron chi connectivity index (χ3n) is 0.996. The van der Waals surface area contributed by atoms with E-state index < -0.39 is 4.83 Å². The van der Waals surface area contributed by atoms with Crippen LogP contribution in [0.4, 0.5) is 8.78 Å². The van der Waals surface area contributed by atoms with Crippen molar-refractivity contribution < 1.29 is 8.78 Å². The maximum atomic E-state index is 12.3. The summed E-state index contributed by atoms with van der Waals surface area (Å²) in [5.41, 5.74) is 0.333. The van der Waals surface area contributed by atoms with Crippen molar-refractivity contribution in [2.24, 2.45) is 0 Å². The van der Waals surface area contributed by atoms with Crippen molar-refractivity contribution in [2.45, 2.75) is 11.8 Å². The van der Waals surface area contributed by atoms with Gasteiger partial charge in [-0.1, -0.05) is 0 Å². The van der Waals surface area contributed by atoms with E-state index >= 15 is 0 Å². The molecule has 0 aliphatic rings. The molecule has 1 rings (SSSR count). The second kappa shape index (κ2) is 2.30. The van der Waals surface area contributed by atoms with E-state index in [1.807, 2.05) is 0 Å². The highest BCUT2D eigenvalue weighted by Gasteiger charge is 2.29. The van der Waals surface area contributed by atoms with Crippen LogP contribution in [0.25, 0.3) is 0 Å². The monoisotopic (exact) mass is 210 g/mol. The van der Waals surface area contributed by atoms with Crippen LogP contribution in [0.5, 0.6) is 0 Å². The fourth-order valence-electron chi connectivity index (χ4n) is 0.563. The van der Waals surface area contributed by atoms with Gasteiger partial charge in [0.1, 0.15) is 5.69 Å². The Morgan fingerprint density at radius 2 is 2.30 bits per heavy atom. The fourth-order valence-corrected chi connectivity index (χ4v) is 0.766. The zero-order valence-electron chi connectivity index (χ0n) is 5.16. The first-order valence-electron chi connectivity index (χ1n) is 2.59. The van der Waals surface area contributed by atoms with Gasteiger partial charge in [0.05, 0.1) is 0 Å². The minimum Gasteiger partial charge on any atom is -0.282 e. The maximum absolute atomic E-state index is 12.3. The normalized spacial score (nSPS) is 12.0. The topological polar surface area (TPSA) is 28.7 Å². The first-order chi connectivity index (χ1) is 4.50. The molecular formula is C5H5BrF2N2. The molecule has 5 heteroatoms. The number of hydrogen-bond acceptors (Lipinski definition) is 1. The summed E-state index contributed by atoms with van der Waals surface area (Å²) in [5, 5.41) is 5.78. The van der Waals surface area contributed by atoms with Gasteiger partial charge >= 0.3 is 4.83 Å². The maximum Gasteiger partial charge on any atom is 0.344 e. The highest BCUT2D eigenvalue weighted by molar-refractivity contribution is 9.09. The van der Waals surface area contributed by atoms with Crippen LogP contribution in [-0.2, 0) is 4.83 Å². The molecular weight excluding hydrogens is 206 g/mol. The molecule has 0 spiro atoms. The largest absolute Gasteiger partial charge is 0.344 e. The lowest BCUT2D eigenvalue weighted by Crippen LogP contribution is -2.02. The number of alkyl halides is 3. The number of halogens is 3. The van der Waals surface area contributed by atoms with E-state index in [9.17, 15) is 8.78 Å². The number of nitrogens with one attached hydrogen (secondary N) is 1. The predicted molar refractivity (Wildman–Crippen MR) is 36.1 cm³/mol. The lowest BCUT2D eigenvalue weighted by atomic mass is 10.4. The number of aromatic amines is 1. The second-order valence-electron chi connectivity index (χ2n) is 1.93. The third-order valence-corrected chi connectivity index (χ3v) is 1.40. The van der Waals surface area contributed by atoms with Crippen molar-refractivity contribution in [1.82, 2.24) is 10.2 Å². The fraction of sp³-hybridized carbons (Fsp3) is 0.400. The molecule has 0 bridgehead atoms. The van der Waals surface area contributed by atoms with E-state index in [0.717, 1.165) is 0 Å². The van der Waals surface area contributed by atoms with Gasteiger partial charge in [-0.15, -0.1) is 0 Å². The predicted octanol–water partition coefficient (Wildman–Crippen LogP) is 2.16. The van der Waals surface area contributed by atoms with E-state index in [0.29, 0.717) is 5.69 Å². The summed E-state index contributed by atoms with van der Waals surface area (Å²) >= 11 is 2.18. The Bertz CT molecular complexity index is 228. The highest BCUT2D eigenvalue weighted by atomic mass is 79.9. The SMILES string of the molecule is Cc1cc(C(F)(F)Br)n[nH]1. The first-order valence-corrected chi connectivity index (χ1v) is 3.38. The van der Waals surface area contributed by atoms with Crippen molar-refractivity contribution in [3.8, 4) is 0 Å². The molecule has 0 saturated heterocycles. The van der Waals surface area contributed by atoms with Crippen LogP contribution in [0.1, 0.15) is 11.4 Å². The second-order valence-corrected chi connectivity index (χ2v) is 2.93. The molecule has 0 unspecified atom stereocenters. The molecule has 2 nitrogen and oxygen atoms in total. The third kappa shape index (κ3) is 1.53. The number of H-pyrrole nitrogens is 1. The van der Waals surface area contributed by atoms with Gasteiger partial charge in [-0.3, -0.25) is 5.10 Å². The highest BCUT2D eigenvalue weighted by Crippen LogP contribution is 2.32. The van der Waals surface area contributed by atoms with Gasteiger partial charge in [-0.2, -0.15) is 13.9 Å². The van der Waals surface area contributed by atoms with Gasteiger partial charge in [0.2, 0.25) is 0 Å². The summed E-state index contributed by atoms with van der Waals surface area (Å²) < 4.78 is 24.6. The van der Waals surface area contributed by atoms with Crippen molar-refractivity contribution in [3.63, 3.8) is 0 Å². The zero-order valence-corrected chi connectivity index (χ0v) is 6.74. The summed E-state index contributed by atoms with van der Waals surface area (Å²) in [4.78, 5) is -3.02. The Labute approximate surface area is 64.8 Å². The lowest BCUT2D eigenvalue weighted by molar-refractivity contribution is 0.109. The standard InChI is InChI=1S/C5H5BrF2N2/c1-3-2-4(10-9-3)5(6,7)8/h2H,1H3,(H,9,10). The Kier molecular flexibility index (Phi) is 1.76. The Morgan fingerprint density at radius 3 is 2.50 bits per heavy atom. The molecule has 10 heavy (non-hydrogen) atoms. The summed E-state index contributed by atoms with van der Waals surface area (Å²) in [6.45, 7) is 1.66. The number of rotatable bonds is 1. The quantitative estimate of drug-likeness (QED) is 0.708. The van der Waals surface area contributed by atoms with Gasteiger partial charge in [0.25, 0.3) is 0 Å². The van der Waals surface area contributed by atoms with E-state index in [1.165, 1.54) is 6.07 Å². The molecule has 1 aromatic heterocycles. The van der Waals surface area contributed by atoms with E-state index in [-0.39, 0.29) is 5.69 Å². The first kappa shape index (κ1) is 7.65. The number of hydrogen-bond donors (Lipinski definition) is 1. The molecule has 0 aromatic carbocycles. The summed E-state index contributed by atoms with van der Waals surface area (Å²) in [6, 6.07) is 1.29. The van der Waals surface area contributed by atoms with Crippen LogP contribution < -0.4 is 0 Å². The average molecular weight is 211 g/mol. The van der Waals surface area contributed by atoms with Crippen LogP contribution in [0.3, 0.4) is 0 Å². The minimum absolute atomic E-state index is 0.287. The van der Waals surface area contributed by atoms with Crippen molar-refractivity contribution in [3.05, 3.63) is 17.5 Å². The van der Waals surface area contributed by atoms with E-state index in [1.54, 1.807) is 6.92 Å². The molecule has 0 aliphatic carbocycles. The molecule has 0 amide bonds. The molecule has 1 aromatic rings. The Balaban J connectivity index is 2.96. The van der Waals surface area contributed by atoms with Gasteiger partial charge in [0, 0.05) is 5.69 Å². The van der Waals surface area contributed by atoms with Crippen molar-refractivity contribution in [2.75, 3.05) is 0 Å². The van der Waals surface area contributed by atoms with Crippen molar-refractivity contribution in [1.29, 1.82) is 0 Å². The number of nitrogens with zero attached hydrogens (tertiary/aromatic N) is 1. The van der Waals surface area contributed by atoms with Crippen LogP contribution >= 0.6 is 15.9 Å². The van der Waals surface area contributed by atoms with Crippen LogP contribution in [0, 0.1) is 6.92 Å². The molecule has 0 atom stereocenters. The van der Waals surface area contributed by atoms with Crippen LogP contribution in [-0.4, -0.2) is 10.2 Å². The lowest BCUT2D eigenvalue weighted by Gasteiger charge is -2.00. The van der Waals surface area contributed by atoms with Crippen LogP contribution in [0.15, 0.2) is 6.07 Å². The van der Waals surface area contributed by atoms with Crippen LogP contribution in [0.2, 0.25) is 0 Å². The molecule has 0 saturated carbocycles. The summed E-state index contributed by atoms with van der Waals surface area (Å²) in [5.74, 6) is 0. The summed E-state index contributed by atoms with van der Waals surface area (Å²) in [6.07, 6.45) is 0. The molecule has 0 fully saturated rings. The van der Waals surface area contributed by atoms with Gasteiger partial charge in [-0.05, 0) is 28.9 Å². The summed E-state index contributed by atoms with van der Waals surface area (Å²) in [7, 11) is 0. The Hall–Kier alpha value is -0.450. The van der Waals surface area contributed by atoms with Gasteiger partial charge in [-0.25, -0.2) is 0 Å². The Morgan fingerprint density at radius 1 is 1.70 bits per heavy atom. The van der Waals surface area contributed by atoms with Gasteiger partial charge < -0.3 is 0 Å². The molecule has 1 heterocycles. The zero-order chi connectivity index (χ0) is 7.78. The van der Waals surface area contributed by atoms with Crippen molar-refractivity contribution >= 4 is 15.9 Å². The minimum atomic E-state index is -3.02. The molecule has 0 radical (unpaired) electrons. The van der Waals surface area contributed by atoms with E-state index in [4.69, 9.17) is 0 Å². The smallest absolute Gasteiger partial charge is 0.282 e. The van der Waals surface area contributed by atoms with E-state index in [2.05, 4.69) is 26.1 Å².